The molecule has 5 nitrogen and oxygen atoms in total. The molecule has 1 aliphatic rings. The van der Waals surface area contributed by atoms with Crippen molar-refractivity contribution in [1.29, 1.82) is 0 Å². The molecule has 0 unspecified atom stereocenters. The topological polar surface area (TPSA) is 72.9 Å². The van der Waals surface area contributed by atoms with Crippen LogP contribution in [0.25, 0.3) is 0 Å². The lowest BCUT2D eigenvalue weighted by molar-refractivity contribution is -0.141. The standard InChI is InChI=1S/C17H19F3N4O/c18-17(19,20)15-8-14(24(23-15)10-11-3-1-4-11)16(25)22-13-6-2-5-12(7-13)9-21/h2,5-8,11H,1,3-4,9-10,21H2,(H,22,25). The summed E-state index contributed by atoms with van der Waals surface area (Å²) in [4.78, 5) is 12.5. The van der Waals surface area contributed by atoms with E-state index in [9.17, 15) is 18.0 Å². The summed E-state index contributed by atoms with van der Waals surface area (Å²) in [5.41, 5.74) is 5.73. The second-order valence-electron chi connectivity index (χ2n) is 6.25. The van der Waals surface area contributed by atoms with E-state index in [4.69, 9.17) is 5.73 Å². The summed E-state index contributed by atoms with van der Waals surface area (Å²) in [5, 5.41) is 6.24. The fourth-order valence-corrected chi connectivity index (χ4v) is 2.77. The summed E-state index contributed by atoms with van der Waals surface area (Å²) < 4.78 is 40.1. The first-order chi connectivity index (χ1) is 11.9. The van der Waals surface area contributed by atoms with E-state index in [0.29, 0.717) is 18.8 Å². The van der Waals surface area contributed by atoms with Gasteiger partial charge in [0.1, 0.15) is 5.69 Å². The molecule has 1 fully saturated rings. The largest absolute Gasteiger partial charge is 0.435 e. The first-order valence-electron chi connectivity index (χ1n) is 8.12. The van der Waals surface area contributed by atoms with Crippen LogP contribution in [0.1, 0.15) is 41.0 Å². The third-order valence-corrected chi connectivity index (χ3v) is 4.38. The van der Waals surface area contributed by atoms with Crippen molar-refractivity contribution in [3.05, 3.63) is 47.3 Å². The molecular formula is C17H19F3N4O. The Morgan fingerprint density at radius 3 is 2.68 bits per heavy atom. The molecule has 1 aromatic heterocycles. The molecular weight excluding hydrogens is 333 g/mol. The van der Waals surface area contributed by atoms with Crippen LogP contribution in [0.4, 0.5) is 18.9 Å². The van der Waals surface area contributed by atoms with Gasteiger partial charge >= 0.3 is 6.18 Å². The molecule has 25 heavy (non-hydrogen) atoms. The number of halogens is 3. The van der Waals surface area contributed by atoms with E-state index in [2.05, 4.69) is 10.4 Å². The lowest BCUT2D eigenvalue weighted by Gasteiger charge is -2.25. The summed E-state index contributed by atoms with van der Waals surface area (Å²) in [6, 6.07) is 7.69. The predicted octanol–water partition coefficient (Wildman–Crippen LogP) is 3.41. The van der Waals surface area contributed by atoms with E-state index in [1.807, 2.05) is 0 Å². The van der Waals surface area contributed by atoms with Gasteiger partial charge in [0.05, 0.1) is 0 Å². The van der Waals surface area contributed by atoms with E-state index < -0.39 is 17.8 Å². The summed E-state index contributed by atoms with van der Waals surface area (Å²) >= 11 is 0. The zero-order valence-electron chi connectivity index (χ0n) is 13.5. The van der Waals surface area contributed by atoms with E-state index in [1.165, 1.54) is 4.68 Å². The van der Waals surface area contributed by atoms with Crippen molar-refractivity contribution >= 4 is 11.6 Å². The first kappa shape index (κ1) is 17.5. The smallest absolute Gasteiger partial charge is 0.326 e. The van der Waals surface area contributed by atoms with Crippen molar-refractivity contribution < 1.29 is 18.0 Å². The Balaban J connectivity index is 1.85. The van der Waals surface area contributed by atoms with E-state index >= 15 is 0 Å². The van der Waals surface area contributed by atoms with Gasteiger partial charge in [0, 0.05) is 24.8 Å². The average Bonchev–Trinajstić information content (AvgIpc) is 2.95. The van der Waals surface area contributed by atoms with E-state index in [0.717, 1.165) is 30.9 Å². The number of alkyl halides is 3. The van der Waals surface area contributed by atoms with Crippen molar-refractivity contribution in [2.24, 2.45) is 11.7 Å². The summed E-state index contributed by atoms with van der Waals surface area (Å²) in [5.74, 6) is -0.343. The zero-order valence-corrected chi connectivity index (χ0v) is 13.5. The van der Waals surface area contributed by atoms with E-state index in [-0.39, 0.29) is 11.6 Å². The van der Waals surface area contributed by atoms with Gasteiger partial charge < -0.3 is 11.1 Å². The number of nitrogens with two attached hydrogens (primary N) is 1. The number of rotatable bonds is 5. The molecule has 1 amide bonds. The number of nitrogens with zero attached hydrogens (tertiary/aromatic N) is 2. The van der Waals surface area contributed by atoms with Crippen LogP contribution in [0.3, 0.4) is 0 Å². The molecule has 3 rings (SSSR count). The van der Waals surface area contributed by atoms with Gasteiger partial charge in [0.15, 0.2) is 5.69 Å². The number of anilines is 1. The Morgan fingerprint density at radius 2 is 2.08 bits per heavy atom. The summed E-state index contributed by atoms with van der Waals surface area (Å²) in [6.07, 6.45) is -1.63. The molecule has 2 aromatic rings. The Kier molecular flexibility index (Phi) is 4.80. The van der Waals surface area contributed by atoms with E-state index in [1.54, 1.807) is 24.3 Å². The van der Waals surface area contributed by atoms with Gasteiger partial charge in [0.25, 0.3) is 5.91 Å². The van der Waals surface area contributed by atoms with Crippen LogP contribution in [0.5, 0.6) is 0 Å². The van der Waals surface area contributed by atoms with Crippen LogP contribution in [-0.4, -0.2) is 15.7 Å². The van der Waals surface area contributed by atoms with Gasteiger partial charge in [-0.1, -0.05) is 18.6 Å². The fourth-order valence-electron chi connectivity index (χ4n) is 2.77. The SMILES string of the molecule is NCc1cccc(NC(=O)c2cc(C(F)(F)F)nn2CC2CCC2)c1. The Bertz CT molecular complexity index is 765. The highest BCUT2D eigenvalue weighted by Crippen LogP contribution is 2.31. The average molecular weight is 352 g/mol. The molecule has 0 spiro atoms. The zero-order chi connectivity index (χ0) is 18.0. The maximum Gasteiger partial charge on any atom is 0.435 e. The number of hydrogen-bond acceptors (Lipinski definition) is 3. The van der Waals surface area contributed by atoms with Gasteiger partial charge in [0.2, 0.25) is 0 Å². The van der Waals surface area contributed by atoms with Crippen LogP contribution in [0.15, 0.2) is 30.3 Å². The second-order valence-corrected chi connectivity index (χ2v) is 6.25. The number of nitrogens with one attached hydrogen (secondary N) is 1. The van der Waals surface area contributed by atoms with Crippen molar-refractivity contribution in [3.8, 4) is 0 Å². The third-order valence-electron chi connectivity index (χ3n) is 4.38. The molecule has 1 aromatic carbocycles. The lowest BCUT2D eigenvalue weighted by atomic mass is 9.85. The second kappa shape index (κ2) is 6.87. The van der Waals surface area contributed by atoms with Gasteiger partial charge in [-0.05, 0) is 36.5 Å². The molecule has 0 atom stereocenters. The quantitative estimate of drug-likeness (QED) is 0.866. The highest BCUT2D eigenvalue weighted by atomic mass is 19.4. The molecule has 0 aliphatic heterocycles. The highest BCUT2D eigenvalue weighted by molar-refractivity contribution is 6.03. The Labute approximate surface area is 143 Å². The predicted molar refractivity (Wildman–Crippen MR) is 86.9 cm³/mol. The van der Waals surface area contributed by atoms with Gasteiger partial charge in [-0.25, -0.2) is 0 Å². The van der Waals surface area contributed by atoms with Gasteiger partial charge in [-0.15, -0.1) is 0 Å². The molecule has 0 radical (unpaired) electrons. The maximum absolute atomic E-state index is 13.0. The third kappa shape index (κ3) is 4.01. The molecule has 1 aliphatic carbocycles. The molecule has 1 saturated carbocycles. The minimum atomic E-state index is -4.58. The maximum atomic E-state index is 13.0. The van der Waals surface area contributed by atoms with Crippen molar-refractivity contribution in [2.75, 3.05) is 5.32 Å². The van der Waals surface area contributed by atoms with Crippen LogP contribution < -0.4 is 11.1 Å². The number of amides is 1. The summed E-state index contributed by atoms with van der Waals surface area (Å²) in [6.45, 7) is 0.628. The molecule has 3 N–H and O–H groups in total. The van der Waals surface area contributed by atoms with Gasteiger partial charge in [-0.2, -0.15) is 18.3 Å². The van der Waals surface area contributed by atoms with Crippen LogP contribution >= 0.6 is 0 Å². The minimum Gasteiger partial charge on any atom is -0.326 e. The van der Waals surface area contributed by atoms with Crippen molar-refractivity contribution in [2.45, 2.75) is 38.5 Å². The normalized spacial score (nSPS) is 15.0. The van der Waals surface area contributed by atoms with Crippen LogP contribution in [-0.2, 0) is 19.3 Å². The first-order valence-corrected chi connectivity index (χ1v) is 8.12. The van der Waals surface area contributed by atoms with Crippen molar-refractivity contribution in [3.63, 3.8) is 0 Å². The minimum absolute atomic E-state index is 0.0858. The number of carbonyl (C=O) groups is 1. The number of carbonyl (C=O) groups excluding carboxylic acids is 1. The Hall–Kier alpha value is -2.35. The molecule has 0 saturated heterocycles. The Morgan fingerprint density at radius 1 is 1.32 bits per heavy atom. The number of aromatic nitrogens is 2. The highest BCUT2D eigenvalue weighted by Gasteiger charge is 2.36. The lowest BCUT2D eigenvalue weighted by Crippen LogP contribution is -2.24. The molecule has 0 bridgehead atoms. The van der Waals surface area contributed by atoms with Crippen LogP contribution in [0, 0.1) is 5.92 Å². The molecule has 1 heterocycles. The van der Waals surface area contributed by atoms with Gasteiger partial charge in [-0.3, -0.25) is 9.48 Å². The van der Waals surface area contributed by atoms with Crippen LogP contribution in [0.2, 0.25) is 0 Å². The number of benzene rings is 1. The molecule has 8 heteroatoms. The summed E-state index contributed by atoms with van der Waals surface area (Å²) in [7, 11) is 0. The number of hydrogen-bond donors (Lipinski definition) is 2. The fraction of sp³-hybridized carbons (Fsp3) is 0.412. The monoisotopic (exact) mass is 352 g/mol. The molecule has 134 valence electrons. The van der Waals surface area contributed by atoms with Crippen molar-refractivity contribution in [1.82, 2.24) is 9.78 Å².